The lowest BCUT2D eigenvalue weighted by Gasteiger charge is -2.14. The van der Waals surface area contributed by atoms with Crippen LogP contribution in [0.2, 0.25) is 0 Å². The molecule has 0 aromatic carbocycles. The largest absolute Gasteiger partial charge is 0.288 e. The molecular formula is C12H10N2O2. The van der Waals surface area contributed by atoms with Crippen molar-refractivity contribution in [2.75, 3.05) is 0 Å². The van der Waals surface area contributed by atoms with Crippen LogP contribution in [0.25, 0.3) is 0 Å². The van der Waals surface area contributed by atoms with Gasteiger partial charge in [0.1, 0.15) is 5.71 Å². The van der Waals surface area contributed by atoms with Gasteiger partial charge in [-0.1, -0.05) is 18.2 Å². The lowest BCUT2D eigenvalue weighted by atomic mass is 10.1. The lowest BCUT2D eigenvalue weighted by molar-refractivity contribution is -0.108. The molecule has 4 nitrogen and oxygen atoms in total. The predicted molar refractivity (Wildman–Crippen MR) is 60.7 cm³/mol. The average molecular weight is 214 g/mol. The van der Waals surface area contributed by atoms with Gasteiger partial charge in [-0.2, -0.15) is 0 Å². The summed E-state index contributed by atoms with van der Waals surface area (Å²) in [4.78, 5) is 15.4. The summed E-state index contributed by atoms with van der Waals surface area (Å²) in [5.41, 5.74) is 0.858. The summed E-state index contributed by atoms with van der Waals surface area (Å²) < 4.78 is 0. The number of allylic oxidation sites excluding steroid dienone is 7. The van der Waals surface area contributed by atoms with Gasteiger partial charge in [-0.25, -0.2) is 5.06 Å². The highest BCUT2D eigenvalue weighted by Crippen LogP contribution is 2.09. The van der Waals surface area contributed by atoms with Crippen molar-refractivity contribution in [3.05, 3.63) is 60.6 Å². The van der Waals surface area contributed by atoms with Gasteiger partial charge in [0.05, 0.1) is 11.9 Å². The third kappa shape index (κ3) is 2.24. The van der Waals surface area contributed by atoms with Crippen LogP contribution in [0.15, 0.2) is 65.6 Å². The topological polar surface area (TPSA) is 52.9 Å². The van der Waals surface area contributed by atoms with Crippen LogP contribution in [0.3, 0.4) is 0 Å². The standard InChI is InChI=1S/C12H10N2O2/c15-12-7-2-1-6-11(12)13-9-10-5-3-4-8-14(10)16/h1-9,16H/b10-9-,13-11?. The molecule has 0 fully saturated rings. The molecule has 0 aromatic heterocycles. The van der Waals surface area contributed by atoms with Crippen molar-refractivity contribution in [2.45, 2.75) is 0 Å². The van der Waals surface area contributed by atoms with Crippen molar-refractivity contribution < 1.29 is 10.0 Å². The zero-order chi connectivity index (χ0) is 11.4. The molecule has 80 valence electrons. The van der Waals surface area contributed by atoms with Crippen LogP contribution in [0.4, 0.5) is 0 Å². The first-order valence-electron chi connectivity index (χ1n) is 4.77. The summed E-state index contributed by atoms with van der Waals surface area (Å²) in [6, 6.07) is 0. The number of carbonyl (C=O) groups excluding carboxylic acids is 1. The van der Waals surface area contributed by atoms with Gasteiger partial charge in [-0.05, 0) is 24.3 Å². The second kappa shape index (κ2) is 4.55. The van der Waals surface area contributed by atoms with E-state index in [1.807, 2.05) is 0 Å². The monoisotopic (exact) mass is 214 g/mol. The molecule has 0 amide bonds. The third-order valence-corrected chi connectivity index (χ3v) is 2.07. The van der Waals surface area contributed by atoms with Gasteiger partial charge < -0.3 is 0 Å². The number of carbonyl (C=O) groups is 1. The van der Waals surface area contributed by atoms with Crippen LogP contribution >= 0.6 is 0 Å². The molecule has 1 aliphatic carbocycles. The Morgan fingerprint density at radius 2 is 1.88 bits per heavy atom. The Bertz CT molecular complexity index is 479. The van der Waals surface area contributed by atoms with Crippen molar-refractivity contribution >= 4 is 11.5 Å². The molecule has 0 spiro atoms. The highest BCUT2D eigenvalue weighted by Gasteiger charge is 2.07. The van der Waals surface area contributed by atoms with Crippen molar-refractivity contribution in [3.63, 3.8) is 0 Å². The van der Waals surface area contributed by atoms with Gasteiger partial charge in [-0.3, -0.25) is 15.0 Å². The van der Waals surface area contributed by atoms with E-state index in [4.69, 9.17) is 0 Å². The maximum Gasteiger partial charge on any atom is 0.204 e. The third-order valence-electron chi connectivity index (χ3n) is 2.07. The molecule has 0 bridgehead atoms. The maximum atomic E-state index is 11.3. The number of aliphatic imine (C=N–C) groups is 1. The van der Waals surface area contributed by atoms with E-state index in [-0.39, 0.29) is 5.78 Å². The normalized spacial score (nSPS) is 23.8. The van der Waals surface area contributed by atoms with Crippen LogP contribution in [0.1, 0.15) is 0 Å². The van der Waals surface area contributed by atoms with Crippen LogP contribution < -0.4 is 0 Å². The van der Waals surface area contributed by atoms with Gasteiger partial charge >= 0.3 is 0 Å². The number of hydrogen-bond acceptors (Lipinski definition) is 4. The number of hydrogen-bond donors (Lipinski definition) is 1. The lowest BCUT2D eigenvalue weighted by Crippen LogP contribution is -2.12. The summed E-state index contributed by atoms with van der Waals surface area (Å²) in [6.07, 6.45) is 14.6. The van der Waals surface area contributed by atoms with Gasteiger partial charge in [-0.15, -0.1) is 0 Å². The molecule has 16 heavy (non-hydrogen) atoms. The molecule has 2 aliphatic rings. The molecule has 1 aliphatic heterocycles. The zero-order valence-corrected chi connectivity index (χ0v) is 8.45. The van der Waals surface area contributed by atoms with Gasteiger partial charge in [0.2, 0.25) is 5.78 Å². The smallest absolute Gasteiger partial charge is 0.204 e. The quantitative estimate of drug-likeness (QED) is 0.676. The van der Waals surface area contributed by atoms with Crippen LogP contribution in [0.5, 0.6) is 0 Å². The molecule has 0 aromatic rings. The Morgan fingerprint density at radius 3 is 2.62 bits per heavy atom. The molecule has 0 unspecified atom stereocenters. The predicted octanol–water partition coefficient (Wildman–Crippen LogP) is 1.74. The van der Waals surface area contributed by atoms with E-state index in [0.717, 1.165) is 5.06 Å². The molecule has 0 saturated carbocycles. The summed E-state index contributed by atoms with van der Waals surface area (Å²) in [5.74, 6) is -0.140. The minimum atomic E-state index is -0.140. The fourth-order valence-electron chi connectivity index (χ4n) is 1.25. The zero-order valence-electron chi connectivity index (χ0n) is 8.45. The second-order valence-electron chi connectivity index (χ2n) is 3.20. The summed E-state index contributed by atoms with van der Waals surface area (Å²) in [6.45, 7) is 0. The van der Waals surface area contributed by atoms with E-state index < -0.39 is 0 Å². The van der Waals surface area contributed by atoms with E-state index in [1.54, 1.807) is 36.5 Å². The number of ketones is 1. The Morgan fingerprint density at radius 1 is 1.12 bits per heavy atom. The molecule has 0 saturated heterocycles. The summed E-state index contributed by atoms with van der Waals surface area (Å²) in [7, 11) is 0. The number of nitrogens with zero attached hydrogens (tertiary/aromatic N) is 2. The fraction of sp³-hybridized carbons (Fsp3) is 0. The SMILES string of the molecule is O=C1C=CC=CC1=N/C=C1/C=CC=CN1O. The van der Waals surface area contributed by atoms with Crippen LogP contribution in [-0.2, 0) is 4.79 Å². The van der Waals surface area contributed by atoms with Gasteiger partial charge in [0.15, 0.2) is 0 Å². The highest BCUT2D eigenvalue weighted by molar-refractivity contribution is 6.48. The molecule has 1 heterocycles. The summed E-state index contributed by atoms with van der Waals surface area (Å²) >= 11 is 0. The fourth-order valence-corrected chi connectivity index (χ4v) is 1.25. The van der Waals surface area contributed by atoms with E-state index in [2.05, 4.69) is 4.99 Å². The van der Waals surface area contributed by atoms with Gasteiger partial charge in [0.25, 0.3) is 0 Å². The number of hydroxylamine groups is 2. The van der Waals surface area contributed by atoms with Gasteiger partial charge in [0, 0.05) is 6.20 Å². The molecule has 1 N–H and O–H groups in total. The molecule has 0 atom stereocenters. The Hall–Kier alpha value is -2.20. The van der Waals surface area contributed by atoms with Crippen molar-refractivity contribution in [1.82, 2.24) is 5.06 Å². The van der Waals surface area contributed by atoms with Crippen molar-refractivity contribution in [3.8, 4) is 0 Å². The molecule has 4 heteroatoms. The maximum absolute atomic E-state index is 11.3. The van der Waals surface area contributed by atoms with E-state index >= 15 is 0 Å². The van der Waals surface area contributed by atoms with Crippen molar-refractivity contribution in [2.24, 2.45) is 4.99 Å². The summed E-state index contributed by atoms with van der Waals surface area (Å²) in [5, 5.41) is 10.3. The molecule has 0 radical (unpaired) electrons. The first kappa shape index (κ1) is 10.3. The molecular weight excluding hydrogens is 204 g/mol. The van der Waals surface area contributed by atoms with E-state index in [9.17, 15) is 10.0 Å². The highest BCUT2D eigenvalue weighted by atomic mass is 16.5. The Kier molecular flexibility index (Phi) is 2.93. The Balaban J connectivity index is 2.19. The number of rotatable bonds is 1. The first-order chi connectivity index (χ1) is 7.77. The second-order valence-corrected chi connectivity index (χ2v) is 3.20. The van der Waals surface area contributed by atoms with Crippen LogP contribution in [0, 0.1) is 0 Å². The van der Waals surface area contributed by atoms with E-state index in [0.29, 0.717) is 11.4 Å². The minimum absolute atomic E-state index is 0.140. The van der Waals surface area contributed by atoms with Crippen molar-refractivity contribution in [1.29, 1.82) is 0 Å². The average Bonchev–Trinajstić information content (AvgIpc) is 2.30. The minimum Gasteiger partial charge on any atom is -0.288 e. The molecule has 2 rings (SSSR count). The first-order valence-corrected chi connectivity index (χ1v) is 4.77. The van der Waals surface area contributed by atoms with E-state index in [1.165, 1.54) is 18.5 Å². The Labute approximate surface area is 92.9 Å². The van der Waals surface area contributed by atoms with Crippen LogP contribution in [-0.4, -0.2) is 21.8 Å².